The third kappa shape index (κ3) is 2.08. The normalized spacial score (nSPS) is 10.9. The Kier molecular flexibility index (Phi) is 2.95. The molecule has 1 aromatic heterocycles. The van der Waals surface area contributed by atoms with Crippen molar-refractivity contribution < 1.29 is 0 Å². The summed E-state index contributed by atoms with van der Waals surface area (Å²) in [6.45, 7) is 4.37. The van der Waals surface area contributed by atoms with E-state index in [0.29, 0.717) is 11.7 Å². The molecule has 3 heteroatoms. The van der Waals surface area contributed by atoms with Crippen molar-refractivity contribution >= 4 is 5.82 Å². The van der Waals surface area contributed by atoms with Gasteiger partial charge in [-0.05, 0) is 17.9 Å². The zero-order chi connectivity index (χ0) is 11.5. The largest absolute Gasteiger partial charge is 0.382 e. The Morgan fingerprint density at radius 1 is 1.25 bits per heavy atom. The maximum Gasteiger partial charge on any atom is 0.153 e. The topological polar surface area (TPSA) is 54.7 Å². The quantitative estimate of drug-likeness (QED) is 0.827. The van der Waals surface area contributed by atoms with Gasteiger partial charge in [0, 0.05) is 11.3 Å². The third-order valence-corrected chi connectivity index (χ3v) is 2.54. The number of hydrogen-bond acceptors (Lipinski definition) is 2. The highest BCUT2D eigenvalue weighted by molar-refractivity contribution is 5.76. The first kappa shape index (κ1) is 10.7. The van der Waals surface area contributed by atoms with E-state index in [-0.39, 0.29) is 0 Å². The molecule has 3 N–H and O–H groups in total. The average molecular weight is 215 g/mol. The summed E-state index contributed by atoms with van der Waals surface area (Å²) < 4.78 is 0. The number of nitrogens with two attached hydrogens (primary N) is 1. The molecule has 0 bridgehead atoms. The smallest absolute Gasteiger partial charge is 0.153 e. The first-order valence-electron chi connectivity index (χ1n) is 5.56. The number of aromatic nitrogens is 2. The van der Waals surface area contributed by atoms with Crippen molar-refractivity contribution in [2.24, 2.45) is 5.92 Å². The average Bonchev–Trinajstić information content (AvgIpc) is 2.60. The fraction of sp³-hybridized carbons (Fsp3) is 0.308. The Labute approximate surface area is 95.7 Å². The molecule has 0 radical (unpaired) electrons. The van der Waals surface area contributed by atoms with E-state index in [0.717, 1.165) is 23.2 Å². The molecule has 0 aliphatic carbocycles. The SMILES string of the molecule is CC(C)Cc1[nH]nc(N)c1-c1ccccc1. The Morgan fingerprint density at radius 3 is 2.56 bits per heavy atom. The predicted molar refractivity (Wildman–Crippen MR) is 67.0 cm³/mol. The van der Waals surface area contributed by atoms with Crippen LogP contribution in [-0.4, -0.2) is 10.2 Å². The van der Waals surface area contributed by atoms with E-state index in [1.807, 2.05) is 18.2 Å². The minimum atomic E-state index is 0.585. The number of rotatable bonds is 3. The van der Waals surface area contributed by atoms with E-state index >= 15 is 0 Å². The summed E-state index contributed by atoms with van der Waals surface area (Å²) in [5, 5.41) is 7.13. The van der Waals surface area contributed by atoms with Crippen molar-refractivity contribution in [3.05, 3.63) is 36.0 Å². The highest BCUT2D eigenvalue weighted by Gasteiger charge is 2.13. The van der Waals surface area contributed by atoms with E-state index < -0.39 is 0 Å². The van der Waals surface area contributed by atoms with Crippen molar-refractivity contribution in [2.75, 3.05) is 5.73 Å². The zero-order valence-electron chi connectivity index (χ0n) is 9.70. The van der Waals surface area contributed by atoms with Crippen molar-refractivity contribution in [1.29, 1.82) is 0 Å². The summed E-state index contributed by atoms with van der Waals surface area (Å²) in [4.78, 5) is 0. The molecule has 0 amide bonds. The van der Waals surface area contributed by atoms with Crippen LogP contribution in [0.2, 0.25) is 0 Å². The molecule has 2 aromatic rings. The number of aromatic amines is 1. The molecule has 0 unspecified atom stereocenters. The highest BCUT2D eigenvalue weighted by atomic mass is 15.2. The highest BCUT2D eigenvalue weighted by Crippen LogP contribution is 2.28. The molecule has 0 aliphatic rings. The molecular formula is C13H17N3. The van der Waals surface area contributed by atoms with Crippen LogP contribution in [0.15, 0.2) is 30.3 Å². The Morgan fingerprint density at radius 2 is 1.94 bits per heavy atom. The summed E-state index contributed by atoms with van der Waals surface area (Å²) in [5.41, 5.74) is 9.21. The summed E-state index contributed by atoms with van der Waals surface area (Å²) >= 11 is 0. The number of H-pyrrole nitrogens is 1. The second kappa shape index (κ2) is 4.39. The van der Waals surface area contributed by atoms with Gasteiger partial charge in [0.1, 0.15) is 0 Å². The fourth-order valence-electron chi connectivity index (χ4n) is 1.88. The maximum absolute atomic E-state index is 5.91. The number of nitrogens with one attached hydrogen (secondary N) is 1. The molecule has 0 fully saturated rings. The molecule has 0 spiro atoms. The van der Waals surface area contributed by atoms with Crippen LogP contribution < -0.4 is 5.73 Å². The van der Waals surface area contributed by atoms with Crippen molar-refractivity contribution in [3.8, 4) is 11.1 Å². The van der Waals surface area contributed by atoms with E-state index in [2.05, 4.69) is 36.2 Å². The van der Waals surface area contributed by atoms with Crippen LogP contribution in [0.4, 0.5) is 5.82 Å². The molecule has 0 saturated heterocycles. The standard InChI is InChI=1S/C13H17N3/c1-9(2)8-11-12(13(14)16-15-11)10-6-4-3-5-7-10/h3-7,9H,8H2,1-2H3,(H3,14,15,16). The van der Waals surface area contributed by atoms with E-state index in [4.69, 9.17) is 5.73 Å². The fourth-order valence-corrected chi connectivity index (χ4v) is 1.88. The van der Waals surface area contributed by atoms with E-state index in [1.165, 1.54) is 0 Å². The van der Waals surface area contributed by atoms with Crippen LogP contribution in [0.1, 0.15) is 19.5 Å². The van der Waals surface area contributed by atoms with Gasteiger partial charge < -0.3 is 5.73 Å². The molecule has 3 nitrogen and oxygen atoms in total. The number of benzene rings is 1. The van der Waals surface area contributed by atoms with Gasteiger partial charge in [-0.25, -0.2) is 0 Å². The van der Waals surface area contributed by atoms with Gasteiger partial charge in [0.05, 0.1) is 0 Å². The minimum absolute atomic E-state index is 0.585. The Hall–Kier alpha value is -1.77. The van der Waals surface area contributed by atoms with E-state index in [9.17, 15) is 0 Å². The summed E-state index contributed by atoms with van der Waals surface area (Å²) in [7, 11) is 0. The Bertz CT molecular complexity index is 457. The second-order valence-electron chi connectivity index (χ2n) is 4.43. The molecule has 1 heterocycles. The van der Waals surface area contributed by atoms with Crippen LogP contribution in [0, 0.1) is 5.92 Å². The molecule has 0 aliphatic heterocycles. The van der Waals surface area contributed by atoms with Crippen LogP contribution in [0.25, 0.3) is 11.1 Å². The van der Waals surface area contributed by atoms with Crippen molar-refractivity contribution in [3.63, 3.8) is 0 Å². The van der Waals surface area contributed by atoms with Crippen LogP contribution in [0.5, 0.6) is 0 Å². The predicted octanol–water partition coefficient (Wildman–Crippen LogP) is 2.86. The number of hydrogen-bond donors (Lipinski definition) is 2. The van der Waals surface area contributed by atoms with Crippen molar-refractivity contribution in [1.82, 2.24) is 10.2 Å². The first-order chi connectivity index (χ1) is 7.68. The van der Waals surface area contributed by atoms with Gasteiger partial charge in [0.15, 0.2) is 5.82 Å². The van der Waals surface area contributed by atoms with Crippen LogP contribution in [-0.2, 0) is 6.42 Å². The summed E-state index contributed by atoms with van der Waals surface area (Å²) in [6, 6.07) is 10.2. The summed E-state index contributed by atoms with van der Waals surface area (Å²) in [5.74, 6) is 1.17. The molecule has 84 valence electrons. The maximum atomic E-state index is 5.91. The van der Waals surface area contributed by atoms with Gasteiger partial charge in [-0.2, -0.15) is 5.10 Å². The monoisotopic (exact) mass is 215 g/mol. The van der Waals surface area contributed by atoms with Gasteiger partial charge in [-0.3, -0.25) is 5.10 Å². The minimum Gasteiger partial charge on any atom is -0.382 e. The van der Waals surface area contributed by atoms with Gasteiger partial charge >= 0.3 is 0 Å². The third-order valence-electron chi connectivity index (χ3n) is 2.54. The molecule has 0 atom stereocenters. The second-order valence-corrected chi connectivity index (χ2v) is 4.43. The van der Waals surface area contributed by atoms with Gasteiger partial charge in [-0.15, -0.1) is 0 Å². The van der Waals surface area contributed by atoms with Crippen LogP contribution >= 0.6 is 0 Å². The number of nitrogens with zero attached hydrogens (tertiary/aromatic N) is 1. The molecule has 0 saturated carbocycles. The van der Waals surface area contributed by atoms with Crippen LogP contribution in [0.3, 0.4) is 0 Å². The van der Waals surface area contributed by atoms with Gasteiger partial charge in [0.25, 0.3) is 0 Å². The number of nitrogen functional groups attached to an aromatic ring is 1. The molecule has 16 heavy (non-hydrogen) atoms. The lowest BCUT2D eigenvalue weighted by Crippen LogP contribution is -1.97. The lowest BCUT2D eigenvalue weighted by molar-refractivity contribution is 0.634. The summed E-state index contributed by atoms with van der Waals surface area (Å²) in [6.07, 6.45) is 0.967. The first-order valence-corrected chi connectivity index (χ1v) is 5.56. The molecular weight excluding hydrogens is 198 g/mol. The van der Waals surface area contributed by atoms with Gasteiger partial charge in [-0.1, -0.05) is 44.2 Å². The molecule has 1 aromatic carbocycles. The van der Waals surface area contributed by atoms with Crippen molar-refractivity contribution in [2.45, 2.75) is 20.3 Å². The lowest BCUT2D eigenvalue weighted by atomic mass is 10.00. The van der Waals surface area contributed by atoms with Gasteiger partial charge in [0.2, 0.25) is 0 Å². The zero-order valence-corrected chi connectivity index (χ0v) is 9.70. The van der Waals surface area contributed by atoms with E-state index in [1.54, 1.807) is 0 Å². The molecule has 2 rings (SSSR count). The number of anilines is 1. The lowest BCUT2D eigenvalue weighted by Gasteiger charge is -2.06. The Balaban J connectivity index is 2.43.